The van der Waals surface area contributed by atoms with E-state index in [9.17, 15) is 13.7 Å². The summed E-state index contributed by atoms with van der Waals surface area (Å²) in [7, 11) is -2.03. The van der Waals surface area contributed by atoms with Gasteiger partial charge in [-0.2, -0.15) is 10.2 Å². The van der Waals surface area contributed by atoms with Gasteiger partial charge >= 0.3 is 0 Å². The van der Waals surface area contributed by atoms with Crippen LogP contribution in [0, 0.1) is 17.2 Å². The summed E-state index contributed by atoms with van der Waals surface area (Å²) in [5, 5.41) is 12.3. The Balaban J connectivity index is 1.63. The first-order valence-corrected chi connectivity index (χ1v) is 11.3. The zero-order valence-corrected chi connectivity index (χ0v) is 18.0. The van der Waals surface area contributed by atoms with Gasteiger partial charge in [0.05, 0.1) is 24.3 Å². The minimum Gasteiger partial charge on any atom is -0.476 e. The van der Waals surface area contributed by atoms with E-state index in [4.69, 9.17) is 14.2 Å². The standard InChI is InChI=1S/C20H25N5O5S/c1-28-9-2-8-23-31(26,27)18-5-3-17(4-6-18)24-20-22-12-16(11-21)19(25-20)30-14-15-7-10-29-13-15/h3-6,12,15,23H,2,7-10,13-14H2,1H3,(H,22,24,25). The first-order chi connectivity index (χ1) is 15.0. The Kier molecular flexibility index (Phi) is 8.13. The molecule has 1 unspecified atom stereocenters. The van der Waals surface area contributed by atoms with Crippen LogP contribution in [0.4, 0.5) is 11.6 Å². The van der Waals surface area contributed by atoms with Crippen molar-refractivity contribution in [1.82, 2.24) is 14.7 Å². The second-order valence-electron chi connectivity index (χ2n) is 6.96. The molecule has 1 fully saturated rings. The lowest BCUT2D eigenvalue weighted by molar-refractivity contribution is 0.165. The molecule has 2 N–H and O–H groups in total. The number of aromatic nitrogens is 2. The van der Waals surface area contributed by atoms with Crippen molar-refractivity contribution in [3.05, 3.63) is 36.0 Å². The molecule has 11 heteroatoms. The summed E-state index contributed by atoms with van der Waals surface area (Å²) in [4.78, 5) is 8.55. The molecular formula is C20H25N5O5S. The third-order valence-electron chi connectivity index (χ3n) is 4.59. The van der Waals surface area contributed by atoms with Crippen LogP contribution < -0.4 is 14.8 Å². The second kappa shape index (κ2) is 11.0. The van der Waals surface area contributed by atoms with Gasteiger partial charge in [-0.25, -0.2) is 18.1 Å². The fraction of sp³-hybridized carbons (Fsp3) is 0.450. The largest absolute Gasteiger partial charge is 0.476 e. The van der Waals surface area contributed by atoms with Crippen molar-refractivity contribution in [1.29, 1.82) is 5.26 Å². The highest BCUT2D eigenvalue weighted by Crippen LogP contribution is 2.22. The number of hydrogen-bond acceptors (Lipinski definition) is 9. The fourth-order valence-corrected chi connectivity index (χ4v) is 3.95. The molecule has 0 bridgehead atoms. The van der Waals surface area contributed by atoms with E-state index in [-0.39, 0.29) is 28.2 Å². The predicted octanol–water partition coefficient (Wildman–Crippen LogP) is 1.82. The van der Waals surface area contributed by atoms with Gasteiger partial charge in [0, 0.05) is 38.5 Å². The van der Waals surface area contributed by atoms with E-state index >= 15 is 0 Å². The Hall–Kier alpha value is -2.78. The second-order valence-corrected chi connectivity index (χ2v) is 8.73. The van der Waals surface area contributed by atoms with Crippen molar-refractivity contribution in [2.75, 3.05) is 45.4 Å². The molecule has 0 radical (unpaired) electrons. The normalized spacial score (nSPS) is 16.1. The highest BCUT2D eigenvalue weighted by molar-refractivity contribution is 7.89. The molecule has 2 aromatic rings. The van der Waals surface area contributed by atoms with E-state index in [1.54, 1.807) is 19.2 Å². The molecule has 0 saturated carbocycles. The molecule has 1 aliphatic rings. The van der Waals surface area contributed by atoms with Gasteiger partial charge in [-0.05, 0) is 37.1 Å². The van der Waals surface area contributed by atoms with Gasteiger partial charge in [0.25, 0.3) is 0 Å². The number of hydrogen-bond donors (Lipinski definition) is 2. The summed E-state index contributed by atoms with van der Waals surface area (Å²) in [6, 6.07) is 8.22. The molecule has 1 saturated heterocycles. The summed E-state index contributed by atoms with van der Waals surface area (Å²) in [5.74, 6) is 0.715. The number of benzene rings is 1. The minimum absolute atomic E-state index is 0.152. The number of sulfonamides is 1. The number of nitrogens with zero attached hydrogens (tertiary/aromatic N) is 3. The molecule has 2 heterocycles. The van der Waals surface area contributed by atoms with Gasteiger partial charge in [0.15, 0.2) is 0 Å². The summed E-state index contributed by atoms with van der Waals surface area (Å²) in [6.45, 7) is 2.54. The average Bonchev–Trinajstić information content (AvgIpc) is 3.30. The highest BCUT2D eigenvalue weighted by atomic mass is 32.2. The first-order valence-electron chi connectivity index (χ1n) is 9.85. The fourth-order valence-electron chi connectivity index (χ4n) is 2.88. The van der Waals surface area contributed by atoms with Crippen molar-refractivity contribution in [3.8, 4) is 11.9 Å². The molecule has 166 valence electrons. The van der Waals surface area contributed by atoms with Gasteiger partial charge in [0.2, 0.25) is 21.9 Å². The number of nitriles is 1. The lowest BCUT2D eigenvalue weighted by Crippen LogP contribution is -2.25. The topological polar surface area (TPSA) is 135 Å². The van der Waals surface area contributed by atoms with Crippen LogP contribution in [0.3, 0.4) is 0 Å². The predicted molar refractivity (Wildman–Crippen MR) is 113 cm³/mol. The molecule has 0 spiro atoms. The molecule has 1 aliphatic heterocycles. The molecule has 1 aromatic heterocycles. The highest BCUT2D eigenvalue weighted by Gasteiger charge is 2.18. The number of methoxy groups -OCH3 is 1. The monoisotopic (exact) mass is 447 g/mol. The van der Waals surface area contributed by atoms with E-state index < -0.39 is 10.0 Å². The average molecular weight is 448 g/mol. The summed E-state index contributed by atoms with van der Waals surface area (Å²) in [6.07, 6.45) is 2.89. The van der Waals surface area contributed by atoms with Gasteiger partial charge < -0.3 is 19.5 Å². The van der Waals surface area contributed by atoms with Crippen molar-refractivity contribution in [2.45, 2.75) is 17.7 Å². The Labute approximate surface area is 181 Å². The zero-order valence-electron chi connectivity index (χ0n) is 17.2. The minimum atomic E-state index is -3.59. The van der Waals surface area contributed by atoms with Gasteiger partial charge in [-0.3, -0.25) is 0 Å². The molecule has 31 heavy (non-hydrogen) atoms. The van der Waals surface area contributed by atoms with E-state index in [2.05, 4.69) is 20.0 Å². The van der Waals surface area contributed by atoms with E-state index in [0.29, 0.717) is 45.1 Å². The number of rotatable bonds is 11. The van der Waals surface area contributed by atoms with E-state index in [1.165, 1.54) is 18.3 Å². The molecule has 3 rings (SSSR count). The summed E-state index contributed by atoms with van der Waals surface area (Å²) >= 11 is 0. The van der Waals surface area contributed by atoms with Gasteiger partial charge in [0.1, 0.15) is 11.6 Å². The van der Waals surface area contributed by atoms with Crippen molar-refractivity contribution in [3.63, 3.8) is 0 Å². The Morgan fingerprint density at radius 2 is 2.13 bits per heavy atom. The third-order valence-corrected chi connectivity index (χ3v) is 6.07. The van der Waals surface area contributed by atoms with Crippen LogP contribution in [0.2, 0.25) is 0 Å². The van der Waals surface area contributed by atoms with Crippen LogP contribution >= 0.6 is 0 Å². The lowest BCUT2D eigenvalue weighted by atomic mass is 10.1. The number of nitrogens with one attached hydrogen (secondary N) is 2. The maximum atomic E-state index is 12.3. The number of anilines is 2. The SMILES string of the molecule is COCCCNS(=O)(=O)c1ccc(Nc2ncc(C#N)c(OCC3CCOC3)n2)cc1. The maximum absolute atomic E-state index is 12.3. The third kappa shape index (κ3) is 6.60. The van der Waals surface area contributed by atoms with Crippen molar-refractivity contribution < 1.29 is 22.6 Å². The molecule has 1 aromatic carbocycles. The van der Waals surface area contributed by atoms with Crippen LogP contribution in [0.5, 0.6) is 5.88 Å². The van der Waals surface area contributed by atoms with Crippen LogP contribution in [-0.2, 0) is 19.5 Å². The molecule has 0 aliphatic carbocycles. The van der Waals surface area contributed by atoms with E-state index in [1.807, 2.05) is 6.07 Å². The van der Waals surface area contributed by atoms with Gasteiger partial charge in [-0.1, -0.05) is 0 Å². The maximum Gasteiger partial charge on any atom is 0.240 e. The van der Waals surface area contributed by atoms with Crippen molar-refractivity contribution in [2.24, 2.45) is 5.92 Å². The van der Waals surface area contributed by atoms with Crippen LogP contribution in [0.25, 0.3) is 0 Å². The Morgan fingerprint density at radius 3 is 2.81 bits per heavy atom. The number of ether oxygens (including phenoxy) is 3. The first kappa shape index (κ1) is 22.9. The van der Waals surface area contributed by atoms with Crippen LogP contribution in [0.15, 0.2) is 35.4 Å². The van der Waals surface area contributed by atoms with E-state index in [0.717, 1.165) is 6.42 Å². The molecular weight excluding hydrogens is 422 g/mol. The van der Waals surface area contributed by atoms with Gasteiger partial charge in [-0.15, -0.1) is 0 Å². The molecule has 1 atom stereocenters. The summed E-state index contributed by atoms with van der Waals surface area (Å²) < 4.78 is 43.1. The molecule has 10 nitrogen and oxygen atoms in total. The van der Waals surface area contributed by atoms with Crippen molar-refractivity contribution >= 4 is 21.7 Å². The summed E-state index contributed by atoms with van der Waals surface area (Å²) in [5.41, 5.74) is 0.837. The van der Waals surface area contributed by atoms with Crippen LogP contribution in [0.1, 0.15) is 18.4 Å². The lowest BCUT2D eigenvalue weighted by Gasteiger charge is -2.12. The Morgan fingerprint density at radius 1 is 1.32 bits per heavy atom. The zero-order chi connectivity index (χ0) is 22.1. The smallest absolute Gasteiger partial charge is 0.240 e. The Bertz CT molecular complexity index is 1000. The quantitative estimate of drug-likeness (QED) is 0.494. The molecule has 0 amide bonds. The van der Waals surface area contributed by atoms with Crippen LogP contribution in [-0.4, -0.2) is 58.5 Å².